The molecule has 33 heavy (non-hydrogen) atoms. The molecule has 1 aliphatic carbocycles. The molecule has 3 aromatic carbocycles. The van der Waals surface area contributed by atoms with Gasteiger partial charge in [-0.05, 0) is 39.9 Å². The van der Waals surface area contributed by atoms with E-state index in [1.165, 1.54) is 0 Å². The molecule has 7 heteroatoms. The minimum absolute atomic E-state index is 0.0903. The van der Waals surface area contributed by atoms with E-state index in [4.69, 9.17) is 15.2 Å². The number of ether oxygens (including phenoxy) is 2. The van der Waals surface area contributed by atoms with E-state index in [-0.39, 0.29) is 18.9 Å². The van der Waals surface area contributed by atoms with Crippen LogP contribution in [0.25, 0.3) is 11.1 Å². The molecule has 1 atom stereocenters. The second kappa shape index (κ2) is 10.2. The van der Waals surface area contributed by atoms with Crippen molar-refractivity contribution >= 4 is 12.1 Å². The minimum atomic E-state index is -1.13. The van der Waals surface area contributed by atoms with E-state index in [2.05, 4.69) is 17.4 Å². The van der Waals surface area contributed by atoms with Crippen molar-refractivity contribution < 1.29 is 24.2 Å². The van der Waals surface area contributed by atoms with Crippen molar-refractivity contribution in [3.05, 3.63) is 89.5 Å². The first-order chi connectivity index (χ1) is 16.1. The summed E-state index contributed by atoms with van der Waals surface area (Å²) in [5.41, 5.74) is 10.6. The number of carbonyl (C=O) groups is 2. The fourth-order valence-corrected chi connectivity index (χ4v) is 4.12. The average molecular weight is 447 g/mol. The molecule has 3 aromatic rings. The van der Waals surface area contributed by atoms with E-state index in [1.807, 2.05) is 36.4 Å². The zero-order valence-electron chi connectivity index (χ0n) is 18.1. The highest BCUT2D eigenvalue weighted by Crippen LogP contribution is 2.44. The van der Waals surface area contributed by atoms with Crippen LogP contribution in [0.5, 0.6) is 5.75 Å². The molecule has 1 amide bonds. The van der Waals surface area contributed by atoms with Gasteiger partial charge in [0.1, 0.15) is 25.0 Å². The molecule has 0 heterocycles. The topological polar surface area (TPSA) is 111 Å². The molecule has 4 rings (SSSR count). The average Bonchev–Trinajstić information content (AvgIpc) is 3.15. The number of fused-ring (bicyclic) bond motifs is 3. The largest absolute Gasteiger partial charge is 0.492 e. The van der Waals surface area contributed by atoms with Gasteiger partial charge in [0, 0.05) is 18.9 Å². The number of aliphatic carboxylic acids is 1. The maximum Gasteiger partial charge on any atom is 0.407 e. The van der Waals surface area contributed by atoms with Crippen molar-refractivity contribution in [3.63, 3.8) is 0 Å². The molecule has 0 spiro atoms. The maximum atomic E-state index is 12.5. The monoisotopic (exact) mass is 446 g/mol. The molecule has 0 saturated carbocycles. The minimum Gasteiger partial charge on any atom is -0.492 e. The van der Waals surface area contributed by atoms with Gasteiger partial charge in [-0.2, -0.15) is 0 Å². The number of rotatable bonds is 9. The highest BCUT2D eigenvalue weighted by Gasteiger charge is 2.29. The second-order valence-corrected chi connectivity index (χ2v) is 7.85. The molecule has 0 unspecified atom stereocenters. The van der Waals surface area contributed by atoms with Crippen molar-refractivity contribution in [2.24, 2.45) is 5.73 Å². The fourth-order valence-electron chi connectivity index (χ4n) is 4.12. The number of nitrogens with one attached hydrogen (secondary N) is 1. The summed E-state index contributed by atoms with van der Waals surface area (Å²) in [7, 11) is 0. The van der Waals surface area contributed by atoms with Crippen LogP contribution in [0.3, 0.4) is 0 Å². The summed E-state index contributed by atoms with van der Waals surface area (Å²) in [4.78, 5) is 24.2. The Labute approximate surface area is 192 Å². The van der Waals surface area contributed by atoms with Crippen LogP contribution < -0.4 is 15.8 Å². The van der Waals surface area contributed by atoms with Crippen LogP contribution in [0.4, 0.5) is 4.79 Å². The third-order valence-corrected chi connectivity index (χ3v) is 5.68. The Kier molecular flexibility index (Phi) is 6.90. The predicted molar refractivity (Wildman–Crippen MR) is 124 cm³/mol. The Hall–Kier alpha value is -3.84. The summed E-state index contributed by atoms with van der Waals surface area (Å²) in [6.45, 7) is 0.937. The van der Waals surface area contributed by atoms with Gasteiger partial charge in [0.2, 0.25) is 0 Å². The highest BCUT2D eigenvalue weighted by molar-refractivity contribution is 5.81. The Balaban J connectivity index is 1.38. The van der Waals surface area contributed by atoms with Crippen LogP contribution in [-0.4, -0.2) is 43.0 Å². The van der Waals surface area contributed by atoms with E-state index >= 15 is 0 Å². The Bertz CT molecular complexity index is 1080. The molecule has 170 valence electrons. The van der Waals surface area contributed by atoms with Gasteiger partial charge >= 0.3 is 12.1 Å². The number of carbonyl (C=O) groups excluding carboxylic acids is 1. The lowest BCUT2D eigenvalue weighted by atomic mass is 9.98. The summed E-state index contributed by atoms with van der Waals surface area (Å²) in [5, 5.41) is 12.1. The molecule has 0 bridgehead atoms. The zero-order valence-corrected chi connectivity index (χ0v) is 18.1. The van der Waals surface area contributed by atoms with E-state index in [0.717, 1.165) is 27.8 Å². The molecule has 0 saturated heterocycles. The first kappa shape index (κ1) is 22.4. The number of carboxylic acids is 1. The SMILES string of the molecule is NCCOc1ccc(C[C@H](NC(=O)OCC2c3ccccc3-c3ccccc32)C(=O)O)cc1. The fraction of sp³-hybridized carbons (Fsp3) is 0.231. The van der Waals surface area contributed by atoms with Crippen LogP contribution in [0.15, 0.2) is 72.8 Å². The first-order valence-electron chi connectivity index (χ1n) is 10.8. The molecular formula is C26H26N2O5. The van der Waals surface area contributed by atoms with Crippen LogP contribution in [0, 0.1) is 0 Å². The number of carboxylic acid groups (broad SMARTS) is 1. The summed E-state index contributed by atoms with van der Waals surface area (Å²) in [6.07, 6.45) is -0.636. The quantitative estimate of drug-likeness (QED) is 0.464. The lowest BCUT2D eigenvalue weighted by Gasteiger charge is -2.17. The van der Waals surface area contributed by atoms with Crippen molar-refractivity contribution in [2.75, 3.05) is 19.8 Å². The van der Waals surface area contributed by atoms with Gasteiger partial charge in [-0.3, -0.25) is 0 Å². The number of alkyl carbamates (subject to hydrolysis) is 1. The third-order valence-electron chi connectivity index (χ3n) is 5.68. The molecule has 0 aromatic heterocycles. The molecule has 4 N–H and O–H groups in total. The van der Waals surface area contributed by atoms with Crippen molar-refractivity contribution in [3.8, 4) is 16.9 Å². The maximum absolute atomic E-state index is 12.5. The smallest absolute Gasteiger partial charge is 0.407 e. The van der Waals surface area contributed by atoms with Crippen LogP contribution in [-0.2, 0) is 16.0 Å². The Morgan fingerprint density at radius 1 is 0.939 bits per heavy atom. The number of benzene rings is 3. The number of nitrogens with two attached hydrogens (primary N) is 1. The van der Waals surface area contributed by atoms with Crippen LogP contribution >= 0.6 is 0 Å². The molecule has 1 aliphatic rings. The summed E-state index contributed by atoms with van der Waals surface area (Å²) >= 11 is 0. The Morgan fingerprint density at radius 3 is 2.12 bits per heavy atom. The molecular weight excluding hydrogens is 420 g/mol. The summed E-state index contributed by atoms with van der Waals surface area (Å²) in [5.74, 6) is -0.569. The van der Waals surface area contributed by atoms with Gasteiger partial charge in [0.25, 0.3) is 0 Å². The number of hydrogen-bond acceptors (Lipinski definition) is 5. The van der Waals surface area contributed by atoms with E-state index in [1.54, 1.807) is 24.3 Å². The standard InChI is InChI=1S/C26H26N2O5/c27-13-14-32-18-11-9-17(10-12-18)15-24(25(29)30)28-26(31)33-16-23-21-7-3-1-5-19(21)20-6-2-4-8-22(20)23/h1-12,23-24H,13-16,27H2,(H,28,31)(H,29,30)/t24-/m0/s1. The lowest BCUT2D eigenvalue weighted by Crippen LogP contribution is -2.42. The van der Waals surface area contributed by atoms with Crippen molar-refractivity contribution in [2.45, 2.75) is 18.4 Å². The van der Waals surface area contributed by atoms with Gasteiger partial charge < -0.3 is 25.6 Å². The number of amides is 1. The molecule has 0 radical (unpaired) electrons. The van der Waals surface area contributed by atoms with Crippen LogP contribution in [0.2, 0.25) is 0 Å². The zero-order chi connectivity index (χ0) is 23.2. The summed E-state index contributed by atoms with van der Waals surface area (Å²) < 4.78 is 10.9. The number of hydrogen-bond donors (Lipinski definition) is 3. The van der Waals surface area contributed by atoms with Crippen LogP contribution in [0.1, 0.15) is 22.6 Å². The van der Waals surface area contributed by atoms with Crippen molar-refractivity contribution in [1.82, 2.24) is 5.32 Å². The Morgan fingerprint density at radius 2 is 1.55 bits per heavy atom. The molecule has 0 aliphatic heterocycles. The first-order valence-corrected chi connectivity index (χ1v) is 10.8. The highest BCUT2D eigenvalue weighted by atomic mass is 16.5. The van der Waals surface area contributed by atoms with E-state index < -0.39 is 18.1 Å². The predicted octanol–water partition coefficient (Wildman–Crippen LogP) is 3.56. The molecule has 7 nitrogen and oxygen atoms in total. The van der Waals surface area contributed by atoms with Gasteiger partial charge in [0.15, 0.2) is 0 Å². The molecule has 0 fully saturated rings. The van der Waals surface area contributed by atoms with E-state index in [9.17, 15) is 14.7 Å². The van der Waals surface area contributed by atoms with Gasteiger partial charge in [0.05, 0.1) is 0 Å². The second-order valence-electron chi connectivity index (χ2n) is 7.85. The third kappa shape index (κ3) is 5.15. The van der Waals surface area contributed by atoms with Gasteiger partial charge in [-0.15, -0.1) is 0 Å². The summed E-state index contributed by atoms with van der Waals surface area (Å²) in [6, 6.07) is 22.0. The normalized spacial score (nSPS) is 13.0. The van der Waals surface area contributed by atoms with Gasteiger partial charge in [-0.25, -0.2) is 9.59 Å². The van der Waals surface area contributed by atoms with Crippen molar-refractivity contribution in [1.29, 1.82) is 0 Å². The van der Waals surface area contributed by atoms with Gasteiger partial charge in [-0.1, -0.05) is 60.7 Å². The van der Waals surface area contributed by atoms with E-state index in [0.29, 0.717) is 18.9 Å². The lowest BCUT2D eigenvalue weighted by molar-refractivity contribution is -0.139.